The molecular weight excluding hydrogens is 244 g/mol. The molecule has 0 spiro atoms. The lowest BCUT2D eigenvalue weighted by atomic mass is 10.2. The number of para-hydroxylation sites is 1. The van der Waals surface area contributed by atoms with E-state index in [1.165, 1.54) is 19.2 Å². The van der Waals surface area contributed by atoms with Gasteiger partial charge in [0.1, 0.15) is 11.5 Å². The molecule has 0 fully saturated rings. The van der Waals surface area contributed by atoms with E-state index >= 15 is 0 Å². The molecule has 0 aliphatic rings. The van der Waals surface area contributed by atoms with Gasteiger partial charge in [0.05, 0.1) is 18.4 Å². The summed E-state index contributed by atoms with van der Waals surface area (Å²) in [6.45, 7) is 0. The standard InChI is InChI=1S/C14H14N2O3/c1-19-13-8-9(15)6-7-11(13)16-14(18)10-4-2-3-5-12(10)17/h2-8,17H,15H2,1H3,(H,16,18). The zero-order chi connectivity index (χ0) is 13.8. The monoisotopic (exact) mass is 258 g/mol. The largest absolute Gasteiger partial charge is 0.507 e. The fourth-order valence-corrected chi connectivity index (χ4v) is 1.67. The summed E-state index contributed by atoms with van der Waals surface area (Å²) in [5, 5.41) is 12.3. The van der Waals surface area contributed by atoms with Crippen LogP contribution in [0.3, 0.4) is 0 Å². The molecule has 0 aliphatic carbocycles. The van der Waals surface area contributed by atoms with Crippen LogP contribution >= 0.6 is 0 Å². The van der Waals surface area contributed by atoms with Crippen LogP contribution in [0.15, 0.2) is 42.5 Å². The number of phenols is 1. The average molecular weight is 258 g/mol. The van der Waals surface area contributed by atoms with Gasteiger partial charge in [-0.2, -0.15) is 0 Å². The molecule has 0 atom stereocenters. The summed E-state index contributed by atoms with van der Waals surface area (Å²) in [7, 11) is 1.49. The highest BCUT2D eigenvalue weighted by Gasteiger charge is 2.12. The number of nitrogens with two attached hydrogens (primary N) is 1. The van der Waals surface area contributed by atoms with Crippen molar-refractivity contribution in [2.45, 2.75) is 0 Å². The normalized spacial score (nSPS) is 9.95. The van der Waals surface area contributed by atoms with Gasteiger partial charge in [-0.1, -0.05) is 12.1 Å². The number of nitrogen functional groups attached to an aromatic ring is 1. The van der Waals surface area contributed by atoms with E-state index in [0.717, 1.165) is 0 Å². The summed E-state index contributed by atoms with van der Waals surface area (Å²) in [4.78, 5) is 12.0. The molecule has 4 N–H and O–H groups in total. The Kier molecular flexibility index (Phi) is 3.56. The van der Waals surface area contributed by atoms with Gasteiger partial charge < -0.3 is 20.9 Å². The molecule has 0 unspecified atom stereocenters. The van der Waals surface area contributed by atoms with Gasteiger partial charge in [-0.25, -0.2) is 0 Å². The van der Waals surface area contributed by atoms with E-state index in [-0.39, 0.29) is 11.3 Å². The Hall–Kier alpha value is -2.69. The third-order valence-electron chi connectivity index (χ3n) is 2.62. The van der Waals surface area contributed by atoms with Crippen LogP contribution in [0.25, 0.3) is 0 Å². The van der Waals surface area contributed by atoms with Crippen molar-refractivity contribution in [1.82, 2.24) is 0 Å². The number of aromatic hydroxyl groups is 1. The second-order valence-corrected chi connectivity index (χ2v) is 3.93. The molecule has 2 aromatic rings. The van der Waals surface area contributed by atoms with E-state index in [9.17, 15) is 9.90 Å². The third kappa shape index (κ3) is 2.77. The molecule has 2 rings (SSSR count). The zero-order valence-electron chi connectivity index (χ0n) is 10.4. The van der Waals surface area contributed by atoms with Gasteiger partial charge in [0.15, 0.2) is 0 Å². The number of amides is 1. The van der Waals surface area contributed by atoms with Crippen LogP contribution in [0.5, 0.6) is 11.5 Å². The van der Waals surface area contributed by atoms with Gasteiger partial charge in [0.2, 0.25) is 0 Å². The molecular formula is C14H14N2O3. The highest BCUT2D eigenvalue weighted by atomic mass is 16.5. The number of benzene rings is 2. The first-order chi connectivity index (χ1) is 9.11. The molecule has 0 heterocycles. The first kappa shape index (κ1) is 12.8. The number of anilines is 2. The summed E-state index contributed by atoms with van der Waals surface area (Å²) < 4.78 is 5.14. The minimum atomic E-state index is -0.416. The van der Waals surface area contributed by atoms with Crippen molar-refractivity contribution in [2.75, 3.05) is 18.2 Å². The van der Waals surface area contributed by atoms with E-state index in [0.29, 0.717) is 17.1 Å². The van der Waals surface area contributed by atoms with Crippen molar-refractivity contribution < 1.29 is 14.6 Å². The van der Waals surface area contributed by atoms with E-state index in [1.54, 1.807) is 30.3 Å². The summed E-state index contributed by atoms with van der Waals surface area (Å²) in [5.74, 6) is -0.0284. The van der Waals surface area contributed by atoms with Gasteiger partial charge in [0, 0.05) is 11.8 Å². The molecule has 0 radical (unpaired) electrons. The lowest BCUT2D eigenvalue weighted by Gasteiger charge is -2.11. The molecule has 5 heteroatoms. The lowest BCUT2D eigenvalue weighted by Crippen LogP contribution is -2.12. The highest BCUT2D eigenvalue weighted by molar-refractivity contribution is 6.06. The third-order valence-corrected chi connectivity index (χ3v) is 2.62. The van der Waals surface area contributed by atoms with Crippen LogP contribution in [-0.2, 0) is 0 Å². The van der Waals surface area contributed by atoms with Gasteiger partial charge in [-0.15, -0.1) is 0 Å². The van der Waals surface area contributed by atoms with Crippen molar-refractivity contribution in [3.8, 4) is 11.5 Å². The van der Waals surface area contributed by atoms with Gasteiger partial charge in [-0.3, -0.25) is 4.79 Å². The van der Waals surface area contributed by atoms with Crippen LogP contribution in [-0.4, -0.2) is 18.1 Å². The summed E-state index contributed by atoms with van der Waals surface area (Å²) in [6.07, 6.45) is 0. The molecule has 1 amide bonds. The molecule has 0 saturated heterocycles. The smallest absolute Gasteiger partial charge is 0.259 e. The second-order valence-electron chi connectivity index (χ2n) is 3.93. The van der Waals surface area contributed by atoms with Crippen molar-refractivity contribution in [3.05, 3.63) is 48.0 Å². The number of hydrogen-bond donors (Lipinski definition) is 3. The average Bonchev–Trinajstić information content (AvgIpc) is 2.41. The number of ether oxygens (including phenoxy) is 1. The van der Waals surface area contributed by atoms with Crippen molar-refractivity contribution in [3.63, 3.8) is 0 Å². The molecule has 0 saturated carbocycles. The molecule has 5 nitrogen and oxygen atoms in total. The first-order valence-corrected chi connectivity index (χ1v) is 5.64. The van der Waals surface area contributed by atoms with Crippen LogP contribution in [0.1, 0.15) is 10.4 Å². The van der Waals surface area contributed by atoms with Crippen LogP contribution in [0.2, 0.25) is 0 Å². The molecule has 0 aromatic heterocycles. The van der Waals surface area contributed by atoms with Gasteiger partial charge in [-0.05, 0) is 24.3 Å². The zero-order valence-corrected chi connectivity index (χ0v) is 10.4. The Morgan fingerprint density at radius 3 is 2.68 bits per heavy atom. The minimum Gasteiger partial charge on any atom is -0.507 e. The topological polar surface area (TPSA) is 84.6 Å². The predicted molar refractivity (Wildman–Crippen MR) is 73.5 cm³/mol. The number of carbonyl (C=O) groups excluding carboxylic acids is 1. The first-order valence-electron chi connectivity index (χ1n) is 5.64. The maximum Gasteiger partial charge on any atom is 0.259 e. The number of phenolic OH excluding ortho intramolecular Hbond substituents is 1. The molecule has 98 valence electrons. The Bertz CT molecular complexity index is 611. The van der Waals surface area contributed by atoms with Gasteiger partial charge in [0.25, 0.3) is 5.91 Å². The van der Waals surface area contributed by atoms with E-state index in [2.05, 4.69) is 5.32 Å². The Morgan fingerprint density at radius 1 is 1.26 bits per heavy atom. The minimum absolute atomic E-state index is 0.0746. The fraction of sp³-hybridized carbons (Fsp3) is 0.0714. The Balaban J connectivity index is 2.27. The predicted octanol–water partition coefficient (Wildman–Crippen LogP) is 2.24. The van der Waals surface area contributed by atoms with Gasteiger partial charge >= 0.3 is 0 Å². The number of hydrogen-bond acceptors (Lipinski definition) is 4. The quantitative estimate of drug-likeness (QED) is 0.737. The molecule has 2 aromatic carbocycles. The number of nitrogens with one attached hydrogen (secondary N) is 1. The highest BCUT2D eigenvalue weighted by Crippen LogP contribution is 2.27. The Labute approximate surface area is 110 Å². The van der Waals surface area contributed by atoms with E-state index < -0.39 is 5.91 Å². The summed E-state index contributed by atoms with van der Waals surface area (Å²) in [6, 6.07) is 11.2. The van der Waals surface area contributed by atoms with E-state index in [4.69, 9.17) is 10.5 Å². The van der Waals surface area contributed by atoms with Crippen molar-refractivity contribution in [1.29, 1.82) is 0 Å². The second kappa shape index (κ2) is 5.30. The number of methoxy groups -OCH3 is 1. The number of rotatable bonds is 3. The van der Waals surface area contributed by atoms with Crippen LogP contribution in [0, 0.1) is 0 Å². The van der Waals surface area contributed by atoms with Crippen molar-refractivity contribution in [2.24, 2.45) is 0 Å². The molecule has 0 aliphatic heterocycles. The van der Waals surface area contributed by atoms with Crippen LogP contribution in [0.4, 0.5) is 11.4 Å². The van der Waals surface area contributed by atoms with Crippen LogP contribution < -0.4 is 15.8 Å². The SMILES string of the molecule is COc1cc(N)ccc1NC(=O)c1ccccc1O. The maximum absolute atomic E-state index is 12.0. The molecule has 0 bridgehead atoms. The van der Waals surface area contributed by atoms with E-state index in [1.807, 2.05) is 0 Å². The summed E-state index contributed by atoms with van der Waals surface area (Å²) >= 11 is 0. The number of carbonyl (C=O) groups is 1. The maximum atomic E-state index is 12.0. The Morgan fingerprint density at radius 2 is 2.00 bits per heavy atom. The van der Waals surface area contributed by atoms with Crippen molar-refractivity contribution >= 4 is 17.3 Å². The lowest BCUT2D eigenvalue weighted by molar-refractivity contribution is 0.102. The fourth-order valence-electron chi connectivity index (χ4n) is 1.67. The molecule has 19 heavy (non-hydrogen) atoms. The summed E-state index contributed by atoms with van der Waals surface area (Å²) in [5.41, 5.74) is 6.86.